The van der Waals surface area contributed by atoms with Crippen molar-refractivity contribution in [2.45, 2.75) is 257 Å². The zero-order valence-electron chi connectivity index (χ0n) is 68.8. The highest BCUT2D eigenvalue weighted by Gasteiger charge is 2.52. The molecule has 3 aromatic carbocycles. The lowest BCUT2D eigenvalue weighted by Gasteiger charge is -2.28. The topological polar surface area (TPSA) is 228 Å². The van der Waals surface area contributed by atoms with E-state index in [1.165, 1.54) is 66.7 Å². The second-order valence-corrected chi connectivity index (χ2v) is 46.1. The molecule has 0 radical (unpaired) electrons. The van der Waals surface area contributed by atoms with E-state index in [1.54, 1.807) is 21.3 Å². The summed E-state index contributed by atoms with van der Waals surface area (Å²) >= 11 is 3.18. The molecule has 5 N–H and O–H groups in total. The number of H-pyrrole nitrogens is 4. The third-order valence-corrected chi connectivity index (χ3v) is 27.5. The van der Waals surface area contributed by atoms with Crippen LogP contribution in [0.15, 0.2) is 55.0 Å². The van der Waals surface area contributed by atoms with Crippen molar-refractivity contribution < 1.29 is 38.1 Å². The first-order valence-corrected chi connectivity index (χ1v) is 49.9. The molecule has 6 aliphatic rings. The van der Waals surface area contributed by atoms with Gasteiger partial charge in [0.1, 0.15) is 24.8 Å². The van der Waals surface area contributed by atoms with Gasteiger partial charge in [-0.25, -0.2) is 9.36 Å². The molecule has 3 amide bonds. The van der Waals surface area contributed by atoms with Gasteiger partial charge in [0.25, 0.3) is 0 Å². The minimum Gasteiger partial charge on any atom is -0.384 e. The molecule has 3 aliphatic heterocycles. The van der Waals surface area contributed by atoms with Crippen LogP contribution in [0.1, 0.15) is 188 Å². The van der Waals surface area contributed by atoms with Gasteiger partial charge >= 0.3 is 0 Å². The number of rotatable bonds is 30. The molecule has 6 aromatic heterocycles. The molecule has 0 saturated carbocycles. The third-order valence-electron chi connectivity index (χ3n) is 23.8. The molecule has 20 nitrogen and oxygen atoms in total. The van der Waals surface area contributed by atoms with Gasteiger partial charge in [-0.3, -0.25) is 19.5 Å². The summed E-state index contributed by atoms with van der Waals surface area (Å²) in [5.74, 6) is 0.662. The number of hydrogen-bond acceptors (Lipinski definition) is 11. The van der Waals surface area contributed by atoms with Gasteiger partial charge in [-0.2, -0.15) is 15.3 Å². The number of carbonyl (C=O) groups is 3. The number of aryl methyl sites for hydroxylation is 6. The normalized spacial score (nSPS) is 16.3. The van der Waals surface area contributed by atoms with Crippen LogP contribution in [0.3, 0.4) is 0 Å². The highest BCUT2D eigenvalue weighted by molar-refractivity contribution is 9.09. The van der Waals surface area contributed by atoms with Crippen LogP contribution >= 0.6 is 15.9 Å². The Labute approximate surface area is 662 Å². The quantitative estimate of drug-likeness (QED) is 0.0162. The van der Waals surface area contributed by atoms with E-state index in [0.29, 0.717) is 39.8 Å². The molecule has 596 valence electrons. The molecule has 0 unspecified atom stereocenters. The molecule has 15 rings (SSSR count). The van der Waals surface area contributed by atoms with Crippen LogP contribution in [0.4, 0.5) is 17.1 Å². The monoisotopic (exact) mass is 1600 g/mol. The van der Waals surface area contributed by atoms with Crippen molar-refractivity contribution in [3.05, 3.63) is 105 Å². The van der Waals surface area contributed by atoms with Crippen molar-refractivity contribution in [2.24, 2.45) is 0 Å². The average Bonchev–Trinajstić information content (AvgIpc) is 1.57. The largest absolute Gasteiger partial charge is 0.384 e. The minimum absolute atomic E-state index is 0.171. The number of nitrogens with one attached hydrogen (secondary N) is 5. The Kier molecular flexibility index (Phi) is 26.7. The summed E-state index contributed by atoms with van der Waals surface area (Å²) in [6, 6.07) is 15.9. The van der Waals surface area contributed by atoms with Gasteiger partial charge in [0.05, 0.1) is 65.0 Å². The number of carbonyl (C=O) groups excluding carboxylic acids is 3. The van der Waals surface area contributed by atoms with E-state index in [-0.39, 0.29) is 17.7 Å². The first-order chi connectivity index (χ1) is 53.0. The number of alkyl halides is 1. The first-order valence-electron chi connectivity index (χ1n) is 41.4. The second kappa shape index (κ2) is 35.6. The Morgan fingerprint density at radius 2 is 0.873 bits per heavy atom. The predicted octanol–water partition coefficient (Wildman–Crippen LogP) is 19.2. The summed E-state index contributed by atoms with van der Waals surface area (Å²) < 4.78 is 31.3. The number of hydrogen-bond donors (Lipinski definition) is 5. The Hall–Kier alpha value is -6.97. The summed E-state index contributed by atoms with van der Waals surface area (Å²) in [6.45, 7) is 33.0. The van der Waals surface area contributed by atoms with E-state index < -0.39 is 32.4 Å². The van der Waals surface area contributed by atoms with Crippen LogP contribution in [0, 0.1) is 0 Å². The summed E-state index contributed by atoms with van der Waals surface area (Å²) in [6.07, 6.45) is 26.8. The Bertz CT molecular complexity index is 4680. The Morgan fingerprint density at radius 1 is 0.473 bits per heavy atom. The van der Waals surface area contributed by atoms with E-state index in [1.807, 2.05) is 25.4 Å². The average molecular weight is 1600 g/mol. The fraction of sp³-hybridized carbons (Fsp3) is 0.586. The zero-order valence-corrected chi connectivity index (χ0v) is 72.4. The zero-order chi connectivity index (χ0) is 78.3. The van der Waals surface area contributed by atoms with Crippen molar-refractivity contribution in [2.75, 3.05) is 87.9 Å². The predicted molar refractivity (Wildman–Crippen MR) is 456 cm³/mol. The van der Waals surface area contributed by atoms with Crippen molar-refractivity contribution in [1.29, 1.82) is 0 Å². The lowest BCUT2D eigenvalue weighted by atomic mass is 9.74. The molecule has 23 heteroatoms. The molecule has 9 aromatic rings. The molecular formula is C87H125BrN12O8Si2. The maximum absolute atomic E-state index is 14.0. The number of anilines is 3. The lowest BCUT2D eigenvalue weighted by Crippen LogP contribution is -2.41. The molecule has 110 heavy (non-hydrogen) atoms. The van der Waals surface area contributed by atoms with Crippen LogP contribution in [0.2, 0.25) is 51.4 Å². The number of ether oxygens (including phenoxy) is 5. The molecule has 9 heterocycles. The number of methoxy groups -OCH3 is 3. The molecule has 0 saturated heterocycles. The van der Waals surface area contributed by atoms with Gasteiger partial charge in [0.2, 0.25) is 17.7 Å². The number of halogens is 1. The number of fused-ring (bicyclic) bond motifs is 18. The summed E-state index contributed by atoms with van der Waals surface area (Å²) in [5.41, 5.74) is 23.2. The number of aromatic amines is 4. The van der Waals surface area contributed by atoms with Crippen molar-refractivity contribution in [1.82, 2.24) is 44.7 Å². The van der Waals surface area contributed by atoms with E-state index in [2.05, 4.69) is 181 Å². The fourth-order valence-corrected chi connectivity index (χ4v) is 20.4. The Morgan fingerprint density at radius 3 is 1.28 bits per heavy atom. The van der Waals surface area contributed by atoms with Gasteiger partial charge < -0.3 is 53.8 Å². The van der Waals surface area contributed by atoms with Gasteiger partial charge in [-0.1, -0.05) is 135 Å². The number of benzene rings is 3. The van der Waals surface area contributed by atoms with Crippen molar-refractivity contribution in [3.8, 4) is 34.2 Å². The maximum Gasteiger partial charge on any atom is 0.237 e. The number of nitrogens with zero attached hydrogens (tertiary/aromatic N) is 7. The smallest absolute Gasteiger partial charge is 0.237 e. The number of amides is 3. The SMILES string of the molecule is CCCC1(CCC)C(=O)N(CCOC)c2cc3c4c([nH]c3cc21)-c1[nH]ncc1CCC4.CCCC1(CCC)C(=O)N(CCOC)c2cc3c4c([nH]c3cc21)-c1nn(COCC[Si](C)(C)C)cc1CCC4.CCCC1(CCC)C(=O)Nc2cc3c4c([nH]c3cc21)-c1nn(COCC[Si](C)(C)C)cc1CCC4.COCCBr. The summed E-state index contributed by atoms with van der Waals surface area (Å²) in [4.78, 5) is 56.1. The van der Waals surface area contributed by atoms with E-state index >= 15 is 0 Å². The lowest BCUT2D eigenvalue weighted by molar-refractivity contribution is -0.124. The van der Waals surface area contributed by atoms with Gasteiger partial charge in [0, 0.05) is 131 Å². The first kappa shape index (κ1) is 82.5. The van der Waals surface area contributed by atoms with E-state index in [0.717, 1.165) is 239 Å². The fourth-order valence-electron chi connectivity index (χ4n) is 18.6. The van der Waals surface area contributed by atoms with E-state index in [4.69, 9.17) is 29.1 Å². The molecule has 0 atom stereocenters. The molecule has 0 spiro atoms. The molecule has 0 fully saturated rings. The van der Waals surface area contributed by atoms with Gasteiger partial charge in [-0.05, 0) is 195 Å². The van der Waals surface area contributed by atoms with Crippen LogP contribution in [0.25, 0.3) is 66.9 Å². The molecule has 0 bridgehead atoms. The highest BCUT2D eigenvalue weighted by atomic mass is 79.9. The van der Waals surface area contributed by atoms with Crippen molar-refractivity contribution in [3.63, 3.8) is 0 Å². The molecular weight excluding hydrogens is 1480 g/mol. The number of aromatic nitrogens is 9. The third kappa shape index (κ3) is 16.6. The Balaban J connectivity index is 0.000000150. The van der Waals surface area contributed by atoms with Gasteiger partial charge in [-0.15, -0.1) is 0 Å². The van der Waals surface area contributed by atoms with Crippen LogP contribution in [0.5, 0.6) is 0 Å². The van der Waals surface area contributed by atoms with E-state index in [9.17, 15) is 14.4 Å². The van der Waals surface area contributed by atoms with Crippen LogP contribution in [-0.4, -0.2) is 151 Å². The highest BCUT2D eigenvalue weighted by Crippen LogP contribution is 2.54. The summed E-state index contributed by atoms with van der Waals surface area (Å²) in [7, 11) is 2.87. The molecule has 3 aliphatic carbocycles. The second-order valence-electron chi connectivity index (χ2n) is 34.1. The van der Waals surface area contributed by atoms with Crippen LogP contribution < -0.4 is 15.1 Å². The van der Waals surface area contributed by atoms with Crippen LogP contribution in [-0.2, 0) is 106 Å². The van der Waals surface area contributed by atoms with Crippen molar-refractivity contribution >= 4 is 99.6 Å². The minimum atomic E-state index is -1.12. The standard InChI is InChI=1S/C31H46N4O3Si.C28H40N4O2Si.C25H32N4O2.C3H7BrO/c1-7-12-31(13-8-2)25-19-26-24(18-27(25)35(30(31)36)14-15-37-3)23-11-9-10-22-20-34(33-28(22)29(23)32-26)21-38-16-17-39(4,5)6;1-6-11-28(12-7-2)22-16-23-21(15-24(22)30-27(28)33)20-10-8-9-19-17-32(31-25(19)26(20)29-23)18-34-13-14-35(3,4)5;1-4-9-25(10-5-2)19-14-20-18(13-21(19)29(24(25)30)11-12-31-3)17-8-6-7-16-15-26-28-22(16)23(17)27-20;1-5-3-2-4/h18-20,32H,7-17,21H2,1-6H3;15-17,29H,6-14,18H2,1-5H3,(H,30,33);13-15,27H,4-12H2,1-3H3,(H,26,28);2-3H2,1H3. The maximum atomic E-state index is 14.0. The summed E-state index contributed by atoms with van der Waals surface area (Å²) in [5, 5.41) is 25.3. The van der Waals surface area contributed by atoms with Gasteiger partial charge in [0.15, 0.2) is 0 Å².